The second-order valence-corrected chi connectivity index (χ2v) is 7.78. The van der Waals surface area contributed by atoms with E-state index in [0.29, 0.717) is 17.7 Å². The predicted octanol–water partition coefficient (Wildman–Crippen LogP) is 2.62. The van der Waals surface area contributed by atoms with Crippen molar-refractivity contribution in [2.45, 2.75) is 57.3 Å². The van der Waals surface area contributed by atoms with Gasteiger partial charge in [-0.3, -0.25) is 4.79 Å². The number of aliphatic hydroxyl groups excluding tert-OH is 1. The number of dihydropyridines is 1. The molecule has 0 bridgehead atoms. The molecule has 0 saturated heterocycles. The summed E-state index contributed by atoms with van der Waals surface area (Å²) in [6.45, 7) is 2.31. The highest BCUT2D eigenvalue weighted by atomic mass is 19.1. The quantitative estimate of drug-likeness (QED) is 0.748. The number of aliphatic hydroxyl groups is 1. The van der Waals surface area contributed by atoms with Gasteiger partial charge in [0.25, 0.3) is 5.91 Å². The molecule has 2 aliphatic heterocycles. The topological polar surface area (TPSA) is 64.6 Å². The lowest BCUT2D eigenvalue weighted by Gasteiger charge is -2.29. The van der Waals surface area contributed by atoms with Crippen LogP contribution in [0, 0.1) is 12.7 Å². The van der Waals surface area contributed by atoms with Crippen LogP contribution in [0.15, 0.2) is 54.0 Å². The number of nitrogens with one attached hydrogen (secondary N) is 2. The minimum Gasteiger partial charge on any atom is -0.391 e. The van der Waals surface area contributed by atoms with Gasteiger partial charge in [0.15, 0.2) is 0 Å². The summed E-state index contributed by atoms with van der Waals surface area (Å²) in [7, 11) is 0. The molecule has 3 aliphatic rings. The van der Waals surface area contributed by atoms with E-state index in [1.807, 2.05) is 35.5 Å². The van der Waals surface area contributed by atoms with E-state index in [1.165, 1.54) is 6.07 Å². The van der Waals surface area contributed by atoms with Crippen molar-refractivity contribution >= 4 is 5.91 Å². The number of hydrogen-bond donors (Lipinski definition) is 3. The highest BCUT2D eigenvalue weighted by Gasteiger charge is 2.36. The van der Waals surface area contributed by atoms with Crippen molar-refractivity contribution in [2.24, 2.45) is 0 Å². The molecule has 0 aromatic heterocycles. The van der Waals surface area contributed by atoms with E-state index < -0.39 is 6.10 Å². The lowest BCUT2D eigenvalue weighted by atomic mass is 9.92. The Bertz CT molecular complexity index is 861. The Balaban J connectivity index is 1.54. The zero-order valence-electron chi connectivity index (χ0n) is 16.0. The summed E-state index contributed by atoms with van der Waals surface area (Å²) in [5.41, 5.74) is 3.21. The molecule has 2 unspecified atom stereocenters. The monoisotopic (exact) mass is 383 g/mol. The smallest absolute Gasteiger partial charge is 0.251 e. The van der Waals surface area contributed by atoms with Crippen LogP contribution in [-0.2, 0) is 11.3 Å². The van der Waals surface area contributed by atoms with Crippen LogP contribution in [0.5, 0.6) is 0 Å². The number of halogens is 1. The van der Waals surface area contributed by atoms with E-state index in [-0.39, 0.29) is 23.8 Å². The fraction of sp³-hybridized carbons (Fsp3) is 0.409. The second-order valence-electron chi connectivity index (χ2n) is 7.78. The summed E-state index contributed by atoms with van der Waals surface area (Å²) in [5.74, 6) is -0.367. The van der Waals surface area contributed by atoms with Crippen LogP contribution in [0.3, 0.4) is 0 Å². The SMILES string of the molecule is Cc1cc(CN2C=C(C(=O)NC3CCCC[C@@H]3O)C3NC=CC=C32)ccc1F. The largest absolute Gasteiger partial charge is 0.391 e. The molecule has 3 N–H and O–H groups in total. The number of carbonyl (C=O) groups excluding carboxylic acids is 1. The van der Waals surface area contributed by atoms with E-state index in [9.17, 15) is 14.3 Å². The Kier molecular flexibility index (Phi) is 5.22. The van der Waals surface area contributed by atoms with Crippen molar-refractivity contribution in [3.05, 3.63) is 71.0 Å². The van der Waals surface area contributed by atoms with Crippen molar-refractivity contribution in [1.82, 2.24) is 15.5 Å². The van der Waals surface area contributed by atoms with Gasteiger partial charge in [-0.15, -0.1) is 0 Å². The van der Waals surface area contributed by atoms with Gasteiger partial charge < -0.3 is 20.6 Å². The zero-order valence-corrected chi connectivity index (χ0v) is 16.0. The van der Waals surface area contributed by atoms with E-state index in [4.69, 9.17) is 0 Å². The van der Waals surface area contributed by atoms with Gasteiger partial charge in [0.2, 0.25) is 0 Å². The van der Waals surface area contributed by atoms with Crippen molar-refractivity contribution in [2.75, 3.05) is 0 Å². The number of nitrogens with zero attached hydrogens (tertiary/aromatic N) is 1. The molecular formula is C22H26FN3O2. The zero-order chi connectivity index (χ0) is 19.7. The van der Waals surface area contributed by atoms with Crippen LogP contribution in [-0.4, -0.2) is 34.1 Å². The molecule has 148 valence electrons. The summed E-state index contributed by atoms with van der Waals surface area (Å²) in [5, 5.41) is 16.4. The van der Waals surface area contributed by atoms with Crippen LogP contribution in [0.4, 0.5) is 4.39 Å². The first-order valence-electron chi connectivity index (χ1n) is 9.88. The van der Waals surface area contributed by atoms with Crippen LogP contribution >= 0.6 is 0 Å². The minimum absolute atomic E-state index is 0.151. The molecular weight excluding hydrogens is 357 g/mol. The van der Waals surface area contributed by atoms with E-state index in [1.54, 1.807) is 13.0 Å². The number of allylic oxidation sites excluding steroid dienone is 2. The van der Waals surface area contributed by atoms with E-state index in [0.717, 1.165) is 36.9 Å². The molecule has 3 atom stereocenters. The molecule has 2 heterocycles. The van der Waals surface area contributed by atoms with Crippen LogP contribution in [0.2, 0.25) is 0 Å². The minimum atomic E-state index is -0.479. The standard InChI is InChI=1S/C22H26FN3O2/c1-14-11-15(8-9-17(14)23)12-26-13-16(21-19(26)6-4-10-24-21)22(28)25-18-5-2-3-7-20(18)27/h4,6,8-11,13,18,20-21,24,27H,2-3,5,7,12H2,1H3,(H,25,28)/t18?,20-,21?/m0/s1. The first-order valence-corrected chi connectivity index (χ1v) is 9.88. The van der Waals surface area contributed by atoms with Gasteiger partial charge in [0, 0.05) is 18.4 Å². The molecule has 1 amide bonds. The lowest BCUT2D eigenvalue weighted by molar-refractivity contribution is -0.119. The van der Waals surface area contributed by atoms with E-state index in [2.05, 4.69) is 10.6 Å². The van der Waals surface area contributed by atoms with Gasteiger partial charge in [0.05, 0.1) is 23.8 Å². The summed E-state index contributed by atoms with van der Waals surface area (Å²) in [6.07, 6.45) is 10.7. The predicted molar refractivity (Wildman–Crippen MR) is 105 cm³/mol. The summed E-state index contributed by atoms with van der Waals surface area (Å²) in [4.78, 5) is 15.0. The molecule has 5 nitrogen and oxygen atoms in total. The molecule has 1 aliphatic carbocycles. The Morgan fingerprint density at radius 1 is 1.36 bits per heavy atom. The third kappa shape index (κ3) is 3.69. The van der Waals surface area contributed by atoms with Crippen molar-refractivity contribution in [3.63, 3.8) is 0 Å². The van der Waals surface area contributed by atoms with Gasteiger partial charge >= 0.3 is 0 Å². The Hall–Kier alpha value is -2.60. The number of benzene rings is 1. The van der Waals surface area contributed by atoms with Gasteiger partial charge in [-0.05, 0) is 55.3 Å². The number of carbonyl (C=O) groups is 1. The molecule has 0 spiro atoms. The maximum Gasteiger partial charge on any atom is 0.251 e. The maximum absolute atomic E-state index is 13.6. The normalized spacial score (nSPS) is 26.2. The Morgan fingerprint density at radius 2 is 2.18 bits per heavy atom. The molecule has 6 heteroatoms. The Labute approximate surface area is 164 Å². The molecule has 1 aromatic rings. The number of rotatable bonds is 4. The van der Waals surface area contributed by atoms with Gasteiger partial charge in [0.1, 0.15) is 5.82 Å². The number of amides is 1. The van der Waals surface area contributed by atoms with Gasteiger partial charge in [-0.1, -0.05) is 25.0 Å². The number of aryl methyl sites for hydroxylation is 1. The maximum atomic E-state index is 13.6. The third-order valence-corrected chi connectivity index (χ3v) is 5.74. The highest BCUT2D eigenvalue weighted by molar-refractivity contribution is 5.96. The van der Waals surface area contributed by atoms with Crippen molar-refractivity contribution < 1.29 is 14.3 Å². The molecule has 1 aromatic carbocycles. The van der Waals surface area contributed by atoms with E-state index >= 15 is 0 Å². The highest BCUT2D eigenvalue weighted by Crippen LogP contribution is 2.30. The van der Waals surface area contributed by atoms with Crippen molar-refractivity contribution in [3.8, 4) is 0 Å². The first kappa shape index (κ1) is 18.7. The molecule has 4 rings (SSSR count). The first-order chi connectivity index (χ1) is 13.5. The molecule has 0 radical (unpaired) electrons. The summed E-state index contributed by atoms with van der Waals surface area (Å²) in [6, 6.07) is 4.68. The number of hydrogen-bond acceptors (Lipinski definition) is 4. The molecule has 28 heavy (non-hydrogen) atoms. The Morgan fingerprint density at radius 3 is 2.96 bits per heavy atom. The molecule has 1 fully saturated rings. The second kappa shape index (κ2) is 7.80. The molecule has 1 saturated carbocycles. The van der Waals surface area contributed by atoms with Crippen molar-refractivity contribution in [1.29, 1.82) is 0 Å². The van der Waals surface area contributed by atoms with Crippen LogP contribution in [0.1, 0.15) is 36.8 Å². The van der Waals surface area contributed by atoms with Crippen LogP contribution < -0.4 is 10.6 Å². The average molecular weight is 383 g/mol. The summed E-state index contributed by atoms with van der Waals surface area (Å²) < 4.78 is 13.6. The number of fused-ring (bicyclic) bond motifs is 1. The summed E-state index contributed by atoms with van der Waals surface area (Å²) >= 11 is 0. The average Bonchev–Trinajstić information content (AvgIpc) is 3.05. The lowest BCUT2D eigenvalue weighted by Crippen LogP contribution is -2.47. The fourth-order valence-electron chi connectivity index (χ4n) is 4.17. The van der Waals surface area contributed by atoms with Gasteiger partial charge in [-0.2, -0.15) is 0 Å². The van der Waals surface area contributed by atoms with Crippen LogP contribution in [0.25, 0.3) is 0 Å². The fourth-order valence-corrected chi connectivity index (χ4v) is 4.17. The van der Waals surface area contributed by atoms with Gasteiger partial charge in [-0.25, -0.2) is 4.39 Å². The third-order valence-electron chi connectivity index (χ3n) is 5.74.